The third-order valence-electron chi connectivity index (χ3n) is 2.96. The summed E-state index contributed by atoms with van der Waals surface area (Å²) in [7, 11) is 0. The molecule has 0 saturated heterocycles. The van der Waals surface area contributed by atoms with Gasteiger partial charge in [0, 0.05) is 11.3 Å². The molecule has 0 amide bonds. The number of aromatic nitrogens is 1. The molecule has 3 heteroatoms. The number of benzene rings is 2. The van der Waals surface area contributed by atoms with Crippen molar-refractivity contribution < 1.29 is 4.42 Å². The fraction of sp³-hybridized carbons (Fsp3) is 0.0556. The fourth-order valence-corrected chi connectivity index (χ4v) is 2.54. The summed E-state index contributed by atoms with van der Waals surface area (Å²) in [6, 6.07) is 20.3. The van der Waals surface area contributed by atoms with Crippen molar-refractivity contribution in [3.8, 4) is 11.3 Å². The first-order valence-corrected chi connectivity index (χ1v) is 7.76. The van der Waals surface area contributed by atoms with Crippen LogP contribution in [0.1, 0.15) is 5.56 Å². The van der Waals surface area contributed by atoms with Gasteiger partial charge in [-0.3, -0.25) is 0 Å². The first-order chi connectivity index (χ1) is 10.4. The van der Waals surface area contributed by atoms with Gasteiger partial charge in [0.25, 0.3) is 5.22 Å². The lowest BCUT2D eigenvalue weighted by Gasteiger charge is -1.94. The maximum Gasteiger partial charge on any atom is 0.256 e. The van der Waals surface area contributed by atoms with E-state index in [-0.39, 0.29) is 0 Å². The van der Waals surface area contributed by atoms with Gasteiger partial charge in [-0.25, -0.2) is 4.98 Å². The van der Waals surface area contributed by atoms with Crippen LogP contribution in [0.2, 0.25) is 0 Å². The van der Waals surface area contributed by atoms with Crippen LogP contribution >= 0.6 is 11.8 Å². The highest BCUT2D eigenvalue weighted by molar-refractivity contribution is 7.99. The van der Waals surface area contributed by atoms with Crippen molar-refractivity contribution in [2.45, 2.75) is 5.22 Å². The fourth-order valence-electron chi connectivity index (χ4n) is 1.93. The van der Waals surface area contributed by atoms with E-state index in [4.69, 9.17) is 4.42 Å². The summed E-state index contributed by atoms with van der Waals surface area (Å²) in [6.45, 7) is 0. The molecule has 1 aromatic heterocycles. The number of hydrogen-bond donors (Lipinski definition) is 0. The molecular weight excluding hydrogens is 278 g/mol. The van der Waals surface area contributed by atoms with E-state index in [2.05, 4.69) is 29.3 Å². The van der Waals surface area contributed by atoms with E-state index in [0.29, 0.717) is 5.22 Å². The Kier molecular flexibility index (Phi) is 4.54. The zero-order valence-electron chi connectivity index (χ0n) is 11.5. The average molecular weight is 293 g/mol. The molecule has 3 aromatic rings. The van der Waals surface area contributed by atoms with Gasteiger partial charge in [0.2, 0.25) is 0 Å². The van der Waals surface area contributed by atoms with E-state index in [9.17, 15) is 0 Å². The van der Waals surface area contributed by atoms with Crippen LogP contribution in [-0.2, 0) is 0 Å². The van der Waals surface area contributed by atoms with Crippen molar-refractivity contribution in [2.75, 3.05) is 5.75 Å². The number of nitrogens with zero attached hydrogens (tertiary/aromatic N) is 1. The Bertz CT molecular complexity index is 704. The minimum Gasteiger partial charge on any atom is -0.431 e. The van der Waals surface area contributed by atoms with E-state index >= 15 is 0 Å². The van der Waals surface area contributed by atoms with Crippen molar-refractivity contribution in [1.82, 2.24) is 4.98 Å². The van der Waals surface area contributed by atoms with Crippen LogP contribution in [-0.4, -0.2) is 10.7 Å². The lowest BCUT2D eigenvalue weighted by Crippen LogP contribution is -1.74. The average Bonchev–Trinajstić information content (AvgIpc) is 3.02. The molecular formula is C18H15NOS. The maximum atomic E-state index is 5.74. The zero-order valence-corrected chi connectivity index (χ0v) is 12.3. The van der Waals surface area contributed by atoms with Crippen molar-refractivity contribution >= 4 is 17.8 Å². The Morgan fingerprint density at radius 3 is 2.43 bits per heavy atom. The minimum atomic E-state index is 0.701. The van der Waals surface area contributed by atoms with E-state index in [1.165, 1.54) is 5.56 Å². The van der Waals surface area contributed by atoms with E-state index < -0.39 is 0 Å². The first-order valence-electron chi connectivity index (χ1n) is 6.77. The molecule has 0 aliphatic heterocycles. The summed E-state index contributed by atoms with van der Waals surface area (Å²) in [6.07, 6.45) is 6.00. The second-order valence-electron chi connectivity index (χ2n) is 4.48. The van der Waals surface area contributed by atoms with Gasteiger partial charge < -0.3 is 4.42 Å². The molecule has 0 saturated carbocycles. The van der Waals surface area contributed by atoms with E-state index in [1.54, 1.807) is 18.0 Å². The Hall–Kier alpha value is -2.26. The standard InChI is InChI=1S/C18H15NOS/c1-3-8-15(9-4-1)10-7-13-21-18-19-14-17(20-18)16-11-5-2-6-12-16/h1-12,14H,13H2/b10-7+. The molecule has 21 heavy (non-hydrogen) atoms. The topological polar surface area (TPSA) is 26.0 Å². The van der Waals surface area contributed by atoms with Crippen molar-refractivity contribution in [3.63, 3.8) is 0 Å². The predicted molar refractivity (Wildman–Crippen MR) is 88.1 cm³/mol. The Morgan fingerprint density at radius 2 is 1.67 bits per heavy atom. The molecule has 0 atom stereocenters. The summed E-state index contributed by atoms with van der Waals surface area (Å²) in [5, 5.41) is 0.701. The molecule has 0 N–H and O–H groups in total. The van der Waals surface area contributed by atoms with Gasteiger partial charge in [0.15, 0.2) is 5.76 Å². The molecule has 0 fully saturated rings. The van der Waals surface area contributed by atoms with Gasteiger partial charge in [-0.2, -0.15) is 0 Å². The molecule has 0 spiro atoms. The zero-order chi connectivity index (χ0) is 14.3. The summed E-state index contributed by atoms with van der Waals surface area (Å²) in [5.41, 5.74) is 2.26. The Labute approximate surface area is 128 Å². The molecule has 0 aliphatic rings. The second-order valence-corrected chi connectivity index (χ2v) is 5.45. The van der Waals surface area contributed by atoms with Crippen molar-refractivity contribution in [1.29, 1.82) is 0 Å². The molecule has 2 nitrogen and oxygen atoms in total. The highest BCUT2D eigenvalue weighted by Gasteiger charge is 2.05. The van der Waals surface area contributed by atoms with Crippen LogP contribution in [0.5, 0.6) is 0 Å². The number of thioether (sulfide) groups is 1. The Morgan fingerprint density at radius 1 is 0.952 bits per heavy atom. The van der Waals surface area contributed by atoms with Gasteiger partial charge >= 0.3 is 0 Å². The van der Waals surface area contributed by atoms with Crippen LogP contribution in [0.15, 0.2) is 82.6 Å². The first kappa shape index (κ1) is 13.7. The van der Waals surface area contributed by atoms with E-state index in [0.717, 1.165) is 17.1 Å². The van der Waals surface area contributed by atoms with Crippen LogP contribution in [0.25, 0.3) is 17.4 Å². The van der Waals surface area contributed by atoms with E-state index in [1.807, 2.05) is 48.5 Å². The van der Waals surface area contributed by atoms with Gasteiger partial charge in [-0.05, 0) is 5.56 Å². The van der Waals surface area contributed by atoms with Gasteiger partial charge in [-0.15, -0.1) is 0 Å². The van der Waals surface area contributed by atoms with Crippen LogP contribution in [0.4, 0.5) is 0 Å². The van der Waals surface area contributed by atoms with Crippen molar-refractivity contribution in [2.24, 2.45) is 0 Å². The van der Waals surface area contributed by atoms with Gasteiger partial charge in [0.1, 0.15) is 0 Å². The van der Waals surface area contributed by atoms with Crippen LogP contribution < -0.4 is 0 Å². The minimum absolute atomic E-state index is 0.701. The van der Waals surface area contributed by atoms with Crippen LogP contribution in [0, 0.1) is 0 Å². The quantitative estimate of drug-likeness (QED) is 0.609. The Balaban J connectivity index is 1.57. The second kappa shape index (κ2) is 6.95. The number of oxazole rings is 1. The highest BCUT2D eigenvalue weighted by atomic mass is 32.2. The maximum absolute atomic E-state index is 5.74. The number of hydrogen-bond acceptors (Lipinski definition) is 3. The molecule has 0 radical (unpaired) electrons. The van der Waals surface area contributed by atoms with Crippen LogP contribution in [0.3, 0.4) is 0 Å². The highest BCUT2D eigenvalue weighted by Crippen LogP contribution is 2.25. The summed E-state index contributed by atoms with van der Waals surface area (Å²) >= 11 is 1.59. The third-order valence-corrected chi connectivity index (χ3v) is 3.75. The predicted octanol–water partition coefficient (Wildman–Crippen LogP) is 5.15. The lowest BCUT2D eigenvalue weighted by molar-refractivity contribution is 0.466. The molecule has 0 aliphatic carbocycles. The molecule has 0 bridgehead atoms. The molecule has 104 valence electrons. The largest absolute Gasteiger partial charge is 0.431 e. The smallest absolute Gasteiger partial charge is 0.256 e. The molecule has 1 heterocycles. The van der Waals surface area contributed by atoms with Gasteiger partial charge in [0.05, 0.1) is 6.20 Å². The SMILES string of the molecule is C(=C\c1ccccc1)/CSc1ncc(-c2ccccc2)o1. The normalized spacial score (nSPS) is 11.0. The lowest BCUT2D eigenvalue weighted by atomic mass is 10.2. The summed E-state index contributed by atoms with van der Waals surface area (Å²) in [4.78, 5) is 4.30. The summed E-state index contributed by atoms with van der Waals surface area (Å²) < 4.78 is 5.74. The summed E-state index contributed by atoms with van der Waals surface area (Å²) in [5.74, 6) is 1.65. The molecule has 0 unspecified atom stereocenters. The molecule has 2 aromatic carbocycles. The monoisotopic (exact) mass is 293 g/mol. The van der Waals surface area contributed by atoms with Gasteiger partial charge in [-0.1, -0.05) is 84.6 Å². The third kappa shape index (κ3) is 3.86. The number of rotatable bonds is 5. The molecule has 3 rings (SSSR count). The van der Waals surface area contributed by atoms with Crippen molar-refractivity contribution in [3.05, 3.63) is 78.5 Å².